The van der Waals surface area contributed by atoms with Gasteiger partial charge in [0, 0.05) is 31.1 Å². The van der Waals surface area contributed by atoms with Gasteiger partial charge >= 0.3 is 0 Å². The SMILES string of the molecule is Cl.O=C(CC1COCCN1)NCC(O)c1ccccc1F. The Kier molecular flexibility index (Phi) is 7.60. The molecule has 2 unspecified atom stereocenters. The second-order valence-corrected chi connectivity index (χ2v) is 4.77. The van der Waals surface area contributed by atoms with Crippen molar-refractivity contribution in [1.82, 2.24) is 10.6 Å². The second kappa shape index (κ2) is 8.94. The Bertz CT molecular complexity index is 456. The maximum absolute atomic E-state index is 13.4. The number of rotatable bonds is 5. The number of aliphatic hydroxyl groups is 1. The van der Waals surface area contributed by atoms with E-state index >= 15 is 0 Å². The average molecular weight is 319 g/mol. The van der Waals surface area contributed by atoms with Crippen LogP contribution in [0.1, 0.15) is 18.1 Å². The van der Waals surface area contributed by atoms with Crippen LogP contribution in [0, 0.1) is 5.82 Å². The number of hydrogen-bond donors (Lipinski definition) is 3. The minimum Gasteiger partial charge on any atom is -0.386 e. The molecule has 1 fully saturated rings. The highest BCUT2D eigenvalue weighted by atomic mass is 35.5. The molecule has 0 aromatic heterocycles. The molecule has 3 N–H and O–H groups in total. The molecular formula is C14H20ClFN2O3. The van der Waals surface area contributed by atoms with Gasteiger partial charge in [0.25, 0.3) is 0 Å². The molecule has 0 aliphatic carbocycles. The minimum atomic E-state index is -1.05. The van der Waals surface area contributed by atoms with E-state index in [0.29, 0.717) is 13.2 Å². The fourth-order valence-corrected chi connectivity index (χ4v) is 2.11. The van der Waals surface area contributed by atoms with Gasteiger partial charge in [0.05, 0.1) is 19.3 Å². The number of carbonyl (C=O) groups is 1. The lowest BCUT2D eigenvalue weighted by Gasteiger charge is -2.23. The number of aliphatic hydroxyl groups excluding tert-OH is 1. The Morgan fingerprint density at radius 1 is 1.52 bits per heavy atom. The first-order chi connectivity index (χ1) is 9.66. The fourth-order valence-electron chi connectivity index (χ4n) is 2.11. The zero-order valence-electron chi connectivity index (χ0n) is 11.5. The Balaban J connectivity index is 0.00000220. The molecule has 7 heteroatoms. The third-order valence-corrected chi connectivity index (χ3v) is 3.19. The van der Waals surface area contributed by atoms with Crippen LogP contribution in [0.25, 0.3) is 0 Å². The van der Waals surface area contributed by atoms with Crippen molar-refractivity contribution in [2.45, 2.75) is 18.6 Å². The van der Waals surface area contributed by atoms with Crippen LogP contribution in [0.15, 0.2) is 24.3 Å². The van der Waals surface area contributed by atoms with E-state index in [0.717, 1.165) is 6.54 Å². The monoisotopic (exact) mass is 318 g/mol. The number of halogens is 2. The molecule has 118 valence electrons. The average Bonchev–Trinajstić information content (AvgIpc) is 2.46. The van der Waals surface area contributed by atoms with Crippen molar-refractivity contribution >= 4 is 18.3 Å². The molecule has 0 radical (unpaired) electrons. The summed E-state index contributed by atoms with van der Waals surface area (Å²) in [5.74, 6) is -0.667. The van der Waals surface area contributed by atoms with Crippen LogP contribution in [0.2, 0.25) is 0 Å². The predicted octanol–water partition coefficient (Wildman–Crippen LogP) is 0.776. The van der Waals surface area contributed by atoms with Gasteiger partial charge in [-0.25, -0.2) is 4.39 Å². The molecular weight excluding hydrogens is 299 g/mol. The predicted molar refractivity (Wildman–Crippen MR) is 78.8 cm³/mol. The first-order valence-corrected chi connectivity index (χ1v) is 6.67. The van der Waals surface area contributed by atoms with Crippen molar-refractivity contribution in [3.8, 4) is 0 Å². The number of hydrogen-bond acceptors (Lipinski definition) is 4. The normalized spacial score (nSPS) is 19.4. The molecule has 2 atom stereocenters. The largest absolute Gasteiger partial charge is 0.386 e. The van der Waals surface area contributed by atoms with E-state index in [1.165, 1.54) is 12.1 Å². The third kappa shape index (κ3) is 5.59. The van der Waals surface area contributed by atoms with Gasteiger partial charge < -0.3 is 20.5 Å². The molecule has 1 saturated heterocycles. The number of amides is 1. The minimum absolute atomic E-state index is 0. The van der Waals surface area contributed by atoms with E-state index in [2.05, 4.69) is 10.6 Å². The quantitative estimate of drug-likeness (QED) is 0.750. The summed E-state index contributed by atoms with van der Waals surface area (Å²) in [6, 6.07) is 5.98. The summed E-state index contributed by atoms with van der Waals surface area (Å²) in [6.07, 6.45) is -0.764. The zero-order valence-corrected chi connectivity index (χ0v) is 12.4. The number of carbonyl (C=O) groups excluding carboxylic acids is 1. The van der Waals surface area contributed by atoms with Gasteiger partial charge in [-0.05, 0) is 6.07 Å². The number of nitrogens with one attached hydrogen (secondary N) is 2. The molecule has 2 rings (SSSR count). The maximum Gasteiger partial charge on any atom is 0.221 e. The molecule has 1 aliphatic rings. The van der Waals surface area contributed by atoms with Crippen LogP contribution in [-0.2, 0) is 9.53 Å². The molecule has 1 aromatic carbocycles. The van der Waals surface area contributed by atoms with Crippen LogP contribution < -0.4 is 10.6 Å². The molecule has 1 heterocycles. The van der Waals surface area contributed by atoms with Gasteiger partial charge in [-0.3, -0.25) is 4.79 Å². The van der Waals surface area contributed by atoms with E-state index in [1.54, 1.807) is 12.1 Å². The van der Waals surface area contributed by atoms with Crippen LogP contribution in [0.4, 0.5) is 4.39 Å². The molecule has 0 bridgehead atoms. The highest BCUT2D eigenvalue weighted by Gasteiger charge is 2.18. The van der Waals surface area contributed by atoms with Crippen LogP contribution >= 0.6 is 12.4 Å². The fraction of sp³-hybridized carbons (Fsp3) is 0.500. The van der Waals surface area contributed by atoms with E-state index in [1.807, 2.05) is 0 Å². The molecule has 0 spiro atoms. The highest BCUT2D eigenvalue weighted by molar-refractivity contribution is 5.85. The van der Waals surface area contributed by atoms with E-state index < -0.39 is 11.9 Å². The highest BCUT2D eigenvalue weighted by Crippen LogP contribution is 2.15. The second-order valence-electron chi connectivity index (χ2n) is 4.77. The van der Waals surface area contributed by atoms with Crippen molar-refractivity contribution in [3.05, 3.63) is 35.6 Å². The first-order valence-electron chi connectivity index (χ1n) is 6.67. The topological polar surface area (TPSA) is 70.6 Å². The summed E-state index contributed by atoms with van der Waals surface area (Å²) in [6.45, 7) is 1.89. The van der Waals surface area contributed by atoms with E-state index in [4.69, 9.17) is 4.74 Å². The van der Waals surface area contributed by atoms with Gasteiger partial charge in [-0.2, -0.15) is 0 Å². The van der Waals surface area contributed by atoms with Gasteiger partial charge in [0.15, 0.2) is 0 Å². The number of benzene rings is 1. The molecule has 1 aromatic rings. The summed E-state index contributed by atoms with van der Waals surface area (Å²) in [5, 5.41) is 15.6. The summed E-state index contributed by atoms with van der Waals surface area (Å²) in [5.41, 5.74) is 0.187. The Morgan fingerprint density at radius 3 is 2.95 bits per heavy atom. The van der Waals surface area contributed by atoms with Gasteiger partial charge in [0.1, 0.15) is 5.82 Å². The lowest BCUT2D eigenvalue weighted by Crippen LogP contribution is -2.44. The summed E-state index contributed by atoms with van der Waals surface area (Å²) < 4.78 is 18.7. The van der Waals surface area contributed by atoms with Crippen molar-refractivity contribution in [2.75, 3.05) is 26.3 Å². The number of ether oxygens (including phenoxy) is 1. The summed E-state index contributed by atoms with van der Waals surface area (Å²) in [7, 11) is 0. The molecule has 0 saturated carbocycles. The molecule has 1 amide bonds. The smallest absolute Gasteiger partial charge is 0.221 e. The third-order valence-electron chi connectivity index (χ3n) is 3.19. The van der Waals surface area contributed by atoms with Gasteiger partial charge in [0.2, 0.25) is 5.91 Å². The molecule has 21 heavy (non-hydrogen) atoms. The summed E-state index contributed by atoms with van der Waals surface area (Å²) >= 11 is 0. The van der Waals surface area contributed by atoms with Crippen molar-refractivity contribution < 1.29 is 19.0 Å². The van der Waals surface area contributed by atoms with Crippen LogP contribution in [0.3, 0.4) is 0 Å². The first kappa shape index (κ1) is 17.8. The number of morpholine rings is 1. The van der Waals surface area contributed by atoms with Gasteiger partial charge in [-0.15, -0.1) is 12.4 Å². The van der Waals surface area contributed by atoms with Crippen molar-refractivity contribution in [2.24, 2.45) is 0 Å². The zero-order chi connectivity index (χ0) is 14.4. The summed E-state index contributed by atoms with van der Waals surface area (Å²) in [4.78, 5) is 11.7. The Hall–Kier alpha value is -1.21. The van der Waals surface area contributed by atoms with Crippen molar-refractivity contribution in [1.29, 1.82) is 0 Å². The van der Waals surface area contributed by atoms with Crippen molar-refractivity contribution in [3.63, 3.8) is 0 Å². The van der Waals surface area contributed by atoms with E-state index in [-0.39, 0.29) is 42.9 Å². The maximum atomic E-state index is 13.4. The van der Waals surface area contributed by atoms with Gasteiger partial charge in [-0.1, -0.05) is 18.2 Å². The molecule has 1 aliphatic heterocycles. The Labute approximate surface area is 129 Å². The lowest BCUT2D eigenvalue weighted by molar-refractivity contribution is -0.122. The lowest BCUT2D eigenvalue weighted by atomic mass is 10.1. The Morgan fingerprint density at radius 2 is 2.29 bits per heavy atom. The van der Waals surface area contributed by atoms with E-state index in [9.17, 15) is 14.3 Å². The van der Waals surface area contributed by atoms with Crippen LogP contribution in [0.5, 0.6) is 0 Å². The molecule has 5 nitrogen and oxygen atoms in total. The standard InChI is InChI=1S/C14H19FN2O3.ClH/c15-12-4-2-1-3-11(12)13(18)8-17-14(19)7-10-9-20-6-5-16-10;/h1-4,10,13,16,18H,5-9H2,(H,17,19);1H. The van der Waals surface area contributed by atoms with Crippen LogP contribution in [-0.4, -0.2) is 43.4 Å².